The average Bonchev–Trinajstić information content (AvgIpc) is 3.11. The molecule has 0 bridgehead atoms. The molecular weight excluding hydrogens is 402 g/mol. The quantitative estimate of drug-likeness (QED) is 0.351. The summed E-state index contributed by atoms with van der Waals surface area (Å²) in [5.74, 6) is 0. The Bertz CT molecular complexity index is 1170. The van der Waals surface area contributed by atoms with E-state index in [9.17, 15) is 13.0 Å². The summed E-state index contributed by atoms with van der Waals surface area (Å²) in [5.41, 5.74) is 3.48. The molecular formula is C23H21NO3S2. The molecule has 0 saturated heterocycles. The summed E-state index contributed by atoms with van der Waals surface area (Å²) in [6, 6.07) is 26.8. The second-order valence-electron chi connectivity index (χ2n) is 6.51. The van der Waals surface area contributed by atoms with Gasteiger partial charge in [0.2, 0.25) is 0 Å². The van der Waals surface area contributed by atoms with Gasteiger partial charge in [-0.2, -0.15) is 4.57 Å². The minimum atomic E-state index is -4.27. The van der Waals surface area contributed by atoms with Gasteiger partial charge in [-0.3, -0.25) is 0 Å². The first-order chi connectivity index (χ1) is 13.8. The Morgan fingerprint density at radius 3 is 1.83 bits per heavy atom. The van der Waals surface area contributed by atoms with Crippen molar-refractivity contribution in [2.24, 2.45) is 7.05 Å². The molecule has 0 fully saturated rings. The van der Waals surface area contributed by atoms with Gasteiger partial charge in [-0.1, -0.05) is 77.6 Å². The summed E-state index contributed by atoms with van der Waals surface area (Å²) >= 11 is 1.83. The molecule has 148 valence electrons. The van der Waals surface area contributed by atoms with Crippen molar-refractivity contribution >= 4 is 21.5 Å². The summed E-state index contributed by atoms with van der Waals surface area (Å²) in [5, 5.41) is 1.29. The van der Waals surface area contributed by atoms with Crippen LogP contribution in [-0.2, 0) is 17.2 Å². The fraction of sp³-hybridized carbons (Fsp3) is 0.0870. The lowest BCUT2D eigenvalue weighted by Gasteiger charge is -2.05. The Morgan fingerprint density at radius 2 is 1.31 bits per heavy atom. The number of aryl methyl sites for hydroxylation is 2. The Labute approximate surface area is 175 Å². The van der Waals surface area contributed by atoms with Gasteiger partial charge in [0.1, 0.15) is 22.0 Å². The molecule has 6 heteroatoms. The van der Waals surface area contributed by atoms with Crippen LogP contribution in [0.3, 0.4) is 0 Å². The highest BCUT2D eigenvalue weighted by Gasteiger charge is 2.16. The molecule has 29 heavy (non-hydrogen) atoms. The van der Waals surface area contributed by atoms with Gasteiger partial charge in [0.25, 0.3) is 5.01 Å². The molecule has 0 aliphatic rings. The molecule has 0 aliphatic carbocycles. The molecule has 0 amide bonds. The van der Waals surface area contributed by atoms with Crippen LogP contribution in [0.2, 0.25) is 0 Å². The van der Waals surface area contributed by atoms with Crippen LogP contribution in [0.25, 0.3) is 21.0 Å². The third-order valence-electron chi connectivity index (χ3n) is 4.23. The average molecular weight is 424 g/mol. The van der Waals surface area contributed by atoms with Gasteiger partial charge in [0, 0.05) is 0 Å². The van der Waals surface area contributed by atoms with E-state index in [-0.39, 0.29) is 4.90 Å². The number of hydrogen-bond acceptors (Lipinski definition) is 4. The van der Waals surface area contributed by atoms with Crippen LogP contribution < -0.4 is 4.57 Å². The maximum absolute atomic E-state index is 10.4. The topological polar surface area (TPSA) is 61.1 Å². The number of nitrogens with zero attached hydrogens (tertiary/aromatic N) is 1. The Kier molecular flexibility index (Phi) is 6.59. The van der Waals surface area contributed by atoms with E-state index in [0.717, 1.165) is 5.56 Å². The van der Waals surface area contributed by atoms with Crippen LogP contribution in [0.4, 0.5) is 0 Å². The van der Waals surface area contributed by atoms with Crippen molar-refractivity contribution in [1.29, 1.82) is 0 Å². The molecule has 4 aromatic rings. The van der Waals surface area contributed by atoms with Gasteiger partial charge in [-0.05, 0) is 36.8 Å². The summed E-state index contributed by atoms with van der Waals surface area (Å²) in [7, 11) is -2.17. The summed E-state index contributed by atoms with van der Waals surface area (Å²) in [6.45, 7) is 1.82. The van der Waals surface area contributed by atoms with Crippen LogP contribution in [-0.4, -0.2) is 13.0 Å². The van der Waals surface area contributed by atoms with E-state index < -0.39 is 10.1 Å². The third kappa shape index (κ3) is 5.60. The monoisotopic (exact) mass is 423 g/mol. The van der Waals surface area contributed by atoms with Crippen LogP contribution in [0.1, 0.15) is 5.56 Å². The zero-order chi connectivity index (χ0) is 20.9. The van der Waals surface area contributed by atoms with Crippen molar-refractivity contribution in [3.8, 4) is 21.0 Å². The lowest BCUT2D eigenvalue weighted by Crippen LogP contribution is -2.26. The highest BCUT2D eigenvalue weighted by molar-refractivity contribution is 7.85. The molecule has 1 heterocycles. The third-order valence-corrected chi connectivity index (χ3v) is 6.35. The first-order valence-electron chi connectivity index (χ1n) is 8.97. The SMILES string of the molecule is C[n+]1cc(-c2ccccc2)sc1-c1ccccc1.Cc1ccc(S(=O)(=O)[O-])cc1. The largest absolute Gasteiger partial charge is 0.744 e. The van der Waals surface area contributed by atoms with E-state index in [1.807, 2.05) is 18.3 Å². The van der Waals surface area contributed by atoms with Gasteiger partial charge in [-0.25, -0.2) is 8.42 Å². The molecule has 3 aromatic carbocycles. The summed E-state index contributed by atoms with van der Waals surface area (Å²) in [6.07, 6.45) is 2.20. The second-order valence-corrected chi connectivity index (χ2v) is 8.92. The minimum Gasteiger partial charge on any atom is -0.744 e. The van der Waals surface area contributed by atoms with Crippen molar-refractivity contribution in [2.45, 2.75) is 11.8 Å². The van der Waals surface area contributed by atoms with Crippen molar-refractivity contribution in [1.82, 2.24) is 0 Å². The fourth-order valence-corrected chi connectivity index (χ4v) is 4.31. The Hall–Kier alpha value is -2.80. The number of aromatic nitrogens is 1. The number of benzene rings is 3. The Morgan fingerprint density at radius 1 is 0.793 bits per heavy atom. The highest BCUT2D eigenvalue weighted by atomic mass is 32.2. The zero-order valence-electron chi connectivity index (χ0n) is 16.1. The van der Waals surface area contributed by atoms with Gasteiger partial charge >= 0.3 is 0 Å². The molecule has 4 rings (SSSR count). The molecule has 0 atom stereocenters. The van der Waals surface area contributed by atoms with E-state index in [1.54, 1.807) is 12.1 Å². The molecule has 1 aromatic heterocycles. The second kappa shape index (κ2) is 9.13. The van der Waals surface area contributed by atoms with Gasteiger partial charge in [0.15, 0.2) is 6.20 Å². The normalized spacial score (nSPS) is 10.9. The number of rotatable bonds is 3. The van der Waals surface area contributed by atoms with E-state index in [4.69, 9.17) is 0 Å². The van der Waals surface area contributed by atoms with Crippen molar-refractivity contribution in [3.05, 3.63) is 96.7 Å². The van der Waals surface area contributed by atoms with E-state index in [2.05, 4.69) is 78.5 Å². The lowest BCUT2D eigenvalue weighted by atomic mass is 10.2. The number of hydrogen-bond donors (Lipinski definition) is 0. The molecule has 4 nitrogen and oxygen atoms in total. The summed E-state index contributed by atoms with van der Waals surface area (Å²) in [4.78, 5) is 1.13. The maximum atomic E-state index is 10.4. The van der Waals surface area contributed by atoms with Crippen LogP contribution in [0.5, 0.6) is 0 Å². The van der Waals surface area contributed by atoms with Gasteiger partial charge in [0.05, 0.1) is 10.5 Å². The van der Waals surface area contributed by atoms with Gasteiger partial charge in [-0.15, -0.1) is 0 Å². The Balaban J connectivity index is 0.000000188. The first-order valence-corrected chi connectivity index (χ1v) is 11.2. The molecule has 0 spiro atoms. The van der Waals surface area contributed by atoms with E-state index in [1.165, 1.54) is 33.1 Å². The maximum Gasteiger partial charge on any atom is 0.269 e. The van der Waals surface area contributed by atoms with Gasteiger partial charge < -0.3 is 4.55 Å². The fourth-order valence-electron chi connectivity index (χ4n) is 2.72. The predicted octanol–water partition coefficient (Wildman–Crippen LogP) is 4.81. The number of thiazole rings is 1. The summed E-state index contributed by atoms with van der Waals surface area (Å²) < 4.78 is 33.4. The van der Waals surface area contributed by atoms with E-state index >= 15 is 0 Å². The molecule has 0 unspecified atom stereocenters. The first kappa shape index (κ1) is 20.9. The minimum absolute atomic E-state index is 0.178. The van der Waals surface area contributed by atoms with Crippen LogP contribution >= 0.6 is 11.3 Å². The van der Waals surface area contributed by atoms with E-state index in [0.29, 0.717) is 0 Å². The molecule has 0 radical (unpaired) electrons. The van der Waals surface area contributed by atoms with Crippen molar-refractivity contribution < 1.29 is 17.5 Å². The van der Waals surface area contributed by atoms with Crippen LogP contribution in [0.15, 0.2) is 96.0 Å². The standard InChI is InChI=1S/C16H14NS.C7H8O3S/c1-17-12-15(13-8-4-2-5-9-13)18-16(17)14-10-6-3-7-11-14;1-6-2-4-7(5-3-6)11(8,9)10/h2-12H,1H3;2-5H,1H3,(H,8,9,10)/q+1;/p-1. The highest BCUT2D eigenvalue weighted by Crippen LogP contribution is 2.30. The predicted molar refractivity (Wildman–Crippen MR) is 116 cm³/mol. The lowest BCUT2D eigenvalue weighted by molar-refractivity contribution is -0.655. The van der Waals surface area contributed by atoms with Crippen molar-refractivity contribution in [3.63, 3.8) is 0 Å². The molecule has 0 aliphatic heterocycles. The van der Waals surface area contributed by atoms with Crippen molar-refractivity contribution in [2.75, 3.05) is 0 Å². The smallest absolute Gasteiger partial charge is 0.269 e. The molecule has 0 N–H and O–H groups in total. The zero-order valence-corrected chi connectivity index (χ0v) is 17.8. The van der Waals surface area contributed by atoms with Crippen LogP contribution in [0, 0.1) is 6.92 Å². The molecule has 0 saturated carbocycles.